The molecule has 0 N–H and O–H groups in total. The number of methoxy groups -OCH3 is 1. The van der Waals surface area contributed by atoms with Crippen LogP contribution in [0.2, 0.25) is 0 Å². The highest BCUT2D eigenvalue weighted by Crippen LogP contribution is 2.36. The lowest BCUT2D eigenvalue weighted by Crippen LogP contribution is -2.30. The van der Waals surface area contributed by atoms with E-state index in [-0.39, 0.29) is 23.6 Å². The summed E-state index contributed by atoms with van der Waals surface area (Å²) in [5.74, 6) is -0.259. The summed E-state index contributed by atoms with van der Waals surface area (Å²) in [5, 5.41) is 5.16. The summed E-state index contributed by atoms with van der Waals surface area (Å²) in [6, 6.07) is 10.2. The van der Waals surface area contributed by atoms with Crippen molar-refractivity contribution in [2.24, 2.45) is 20.0 Å². The Kier molecular flexibility index (Phi) is 5.62. The van der Waals surface area contributed by atoms with E-state index in [1.54, 1.807) is 28.7 Å². The minimum absolute atomic E-state index is 0.0202. The van der Waals surface area contributed by atoms with Crippen LogP contribution in [0.3, 0.4) is 0 Å². The maximum atomic E-state index is 13.4. The van der Waals surface area contributed by atoms with Gasteiger partial charge in [-0.15, -0.1) is 0 Å². The molecule has 0 unspecified atom stereocenters. The van der Waals surface area contributed by atoms with E-state index in [1.165, 1.54) is 7.11 Å². The molecule has 1 fully saturated rings. The molecule has 0 saturated heterocycles. The number of fused-ring (bicyclic) bond motifs is 3. The number of imidazole rings is 1. The van der Waals surface area contributed by atoms with E-state index in [0.717, 1.165) is 57.2 Å². The normalized spacial score (nSPS) is 17.9. The molecule has 1 aliphatic rings. The Bertz CT molecular complexity index is 1690. The van der Waals surface area contributed by atoms with Crippen LogP contribution in [0.5, 0.6) is 0 Å². The Morgan fingerprint density at radius 3 is 2.41 bits per heavy atom. The van der Waals surface area contributed by atoms with Gasteiger partial charge < -0.3 is 4.74 Å². The molecule has 4 heterocycles. The predicted molar refractivity (Wildman–Crippen MR) is 141 cm³/mol. The van der Waals surface area contributed by atoms with Crippen molar-refractivity contribution < 1.29 is 9.53 Å². The van der Waals surface area contributed by atoms with Crippen molar-refractivity contribution in [3.63, 3.8) is 0 Å². The minimum atomic E-state index is -0.161. The maximum absolute atomic E-state index is 13.4. The molecule has 1 saturated carbocycles. The first-order valence-electron chi connectivity index (χ1n) is 12.5. The van der Waals surface area contributed by atoms with Crippen molar-refractivity contribution in [3.05, 3.63) is 65.6 Å². The number of aryl methyl sites for hydroxylation is 2. The molecule has 0 amide bonds. The first-order valence-corrected chi connectivity index (χ1v) is 12.5. The molecule has 1 aromatic carbocycles. The summed E-state index contributed by atoms with van der Waals surface area (Å²) in [6.45, 7) is 0. The van der Waals surface area contributed by atoms with Gasteiger partial charge in [0, 0.05) is 49.0 Å². The molecular weight excluding hydrogens is 468 g/mol. The molecule has 0 atom stereocenters. The van der Waals surface area contributed by atoms with Gasteiger partial charge in [0.05, 0.1) is 47.7 Å². The maximum Gasteiger partial charge on any atom is 0.329 e. The summed E-state index contributed by atoms with van der Waals surface area (Å²) in [7, 11) is 5.11. The van der Waals surface area contributed by atoms with Crippen LogP contribution >= 0.6 is 0 Å². The van der Waals surface area contributed by atoms with Gasteiger partial charge in [0.1, 0.15) is 0 Å². The number of carbonyl (C=O) groups is 1. The van der Waals surface area contributed by atoms with Crippen molar-refractivity contribution in [3.8, 4) is 22.4 Å². The third-order valence-corrected chi connectivity index (χ3v) is 7.61. The predicted octanol–water partition coefficient (Wildman–Crippen LogP) is 4.26. The van der Waals surface area contributed by atoms with Gasteiger partial charge in [-0.2, -0.15) is 5.10 Å². The second-order valence-electron chi connectivity index (χ2n) is 9.80. The summed E-state index contributed by atoms with van der Waals surface area (Å²) in [6.07, 6.45) is 10.3. The molecule has 5 aromatic rings. The van der Waals surface area contributed by atoms with E-state index >= 15 is 0 Å². The van der Waals surface area contributed by atoms with Crippen molar-refractivity contribution in [2.45, 2.75) is 31.7 Å². The van der Waals surface area contributed by atoms with Crippen molar-refractivity contribution >= 4 is 27.9 Å². The van der Waals surface area contributed by atoms with E-state index in [0.29, 0.717) is 12.8 Å². The van der Waals surface area contributed by atoms with E-state index < -0.39 is 0 Å². The molecule has 188 valence electrons. The Balaban J connectivity index is 1.42. The van der Waals surface area contributed by atoms with Crippen LogP contribution in [-0.4, -0.2) is 42.0 Å². The topological polar surface area (TPSA) is 96.8 Å². The largest absolute Gasteiger partial charge is 0.469 e. The molecule has 1 aliphatic carbocycles. The van der Waals surface area contributed by atoms with Crippen LogP contribution in [0.4, 0.5) is 0 Å². The van der Waals surface area contributed by atoms with Crippen molar-refractivity contribution in [1.29, 1.82) is 0 Å². The summed E-state index contributed by atoms with van der Waals surface area (Å²) >= 11 is 0. The fourth-order valence-corrected chi connectivity index (χ4v) is 5.57. The highest BCUT2D eigenvalue weighted by molar-refractivity contribution is 6.04. The molecule has 6 rings (SSSR count). The number of hydrogen-bond donors (Lipinski definition) is 0. The van der Waals surface area contributed by atoms with Crippen molar-refractivity contribution in [1.82, 2.24) is 28.9 Å². The van der Waals surface area contributed by atoms with Crippen LogP contribution in [-0.2, 0) is 23.6 Å². The number of aromatic nitrogens is 6. The fraction of sp³-hybridized carbons (Fsp3) is 0.321. The summed E-state index contributed by atoms with van der Waals surface area (Å²) < 4.78 is 10.3. The van der Waals surface area contributed by atoms with Crippen LogP contribution in [0.15, 0.2) is 59.9 Å². The lowest BCUT2D eigenvalue weighted by Gasteiger charge is -2.28. The van der Waals surface area contributed by atoms with Crippen LogP contribution in [0, 0.1) is 5.92 Å². The zero-order chi connectivity index (χ0) is 25.7. The highest BCUT2D eigenvalue weighted by atomic mass is 16.5. The third-order valence-electron chi connectivity index (χ3n) is 7.61. The zero-order valence-corrected chi connectivity index (χ0v) is 21.1. The average molecular weight is 497 g/mol. The van der Waals surface area contributed by atoms with Gasteiger partial charge in [0.25, 0.3) is 0 Å². The molecule has 4 aromatic heterocycles. The van der Waals surface area contributed by atoms with E-state index in [4.69, 9.17) is 4.74 Å². The number of esters is 1. The molecule has 0 bridgehead atoms. The van der Waals surface area contributed by atoms with Crippen LogP contribution in [0.25, 0.3) is 44.3 Å². The quantitative estimate of drug-likeness (QED) is 0.345. The molecular formula is C28H28N6O3. The number of pyridine rings is 2. The van der Waals surface area contributed by atoms with Gasteiger partial charge in [0.15, 0.2) is 0 Å². The lowest BCUT2D eigenvalue weighted by atomic mass is 9.86. The smallest absolute Gasteiger partial charge is 0.329 e. The van der Waals surface area contributed by atoms with Gasteiger partial charge in [-0.25, -0.2) is 4.79 Å². The van der Waals surface area contributed by atoms with E-state index in [9.17, 15) is 9.59 Å². The highest BCUT2D eigenvalue weighted by Gasteiger charge is 2.30. The molecule has 9 heteroatoms. The number of rotatable bonds is 4. The summed E-state index contributed by atoms with van der Waals surface area (Å²) in [4.78, 5) is 34.8. The van der Waals surface area contributed by atoms with Gasteiger partial charge >= 0.3 is 11.7 Å². The Morgan fingerprint density at radius 2 is 1.73 bits per heavy atom. The van der Waals surface area contributed by atoms with Gasteiger partial charge in [-0.3, -0.25) is 28.6 Å². The second-order valence-corrected chi connectivity index (χ2v) is 9.80. The van der Waals surface area contributed by atoms with E-state index in [1.807, 2.05) is 42.2 Å². The standard InChI is InChI=1S/C28H28N6O3/c1-32-16-20(14-31-32)23-10-7-19(13-29-23)18-6-11-24-22(12-18)26-25(15-30-24)33(2)28(36)34(26)21-8-4-17(5-9-21)27(35)37-3/h6-7,10-17,21H,4-5,8-9H2,1-3H3. The second kappa shape index (κ2) is 8.99. The minimum Gasteiger partial charge on any atom is -0.469 e. The Labute approximate surface area is 213 Å². The van der Waals surface area contributed by atoms with E-state index in [2.05, 4.69) is 27.2 Å². The number of benzene rings is 1. The fourth-order valence-electron chi connectivity index (χ4n) is 5.57. The first-order chi connectivity index (χ1) is 17.9. The van der Waals surface area contributed by atoms with Crippen molar-refractivity contribution in [2.75, 3.05) is 7.11 Å². The van der Waals surface area contributed by atoms with Gasteiger partial charge in [-0.1, -0.05) is 12.1 Å². The SMILES string of the molecule is COC(=O)C1CCC(n2c(=O)n(C)c3cnc4ccc(-c5ccc(-c6cnn(C)c6)nc5)cc4c32)CC1. The number of ether oxygens (including phenoxy) is 1. The lowest BCUT2D eigenvalue weighted by molar-refractivity contribution is -0.146. The van der Waals surface area contributed by atoms with Gasteiger partial charge in [0.2, 0.25) is 0 Å². The van der Waals surface area contributed by atoms with Gasteiger partial charge in [-0.05, 0) is 49.4 Å². The number of nitrogens with zero attached hydrogens (tertiary/aromatic N) is 6. The Morgan fingerprint density at radius 1 is 0.946 bits per heavy atom. The molecule has 0 aliphatic heterocycles. The number of carbonyl (C=O) groups excluding carboxylic acids is 1. The van der Waals surface area contributed by atoms with Crippen LogP contribution in [0.1, 0.15) is 31.7 Å². The monoisotopic (exact) mass is 496 g/mol. The molecule has 37 heavy (non-hydrogen) atoms. The third kappa shape index (κ3) is 3.91. The first kappa shape index (κ1) is 23.1. The molecule has 0 spiro atoms. The Hall–Kier alpha value is -4.27. The number of hydrogen-bond acceptors (Lipinski definition) is 6. The van der Waals surface area contributed by atoms with Crippen LogP contribution < -0.4 is 5.69 Å². The zero-order valence-electron chi connectivity index (χ0n) is 21.1. The molecule has 0 radical (unpaired) electrons. The summed E-state index contributed by atoms with van der Waals surface area (Å²) in [5.41, 5.74) is 6.28. The average Bonchev–Trinajstić information content (AvgIpc) is 3.49. The molecule has 9 nitrogen and oxygen atoms in total.